The van der Waals surface area contributed by atoms with E-state index in [0.29, 0.717) is 17.1 Å². The number of sulfonamides is 1. The van der Waals surface area contributed by atoms with Gasteiger partial charge in [-0.2, -0.15) is 0 Å². The summed E-state index contributed by atoms with van der Waals surface area (Å²) in [4.78, 5) is 13.2. The highest BCUT2D eigenvalue weighted by Crippen LogP contribution is 2.29. The molecule has 0 bridgehead atoms. The summed E-state index contributed by atoms with van der Waals surface area (Å²) < 4.78 is 33.7. The van der Waals surface area contributed by atoms with Crippen LogP contribution in [0.25, 0.3) is 0 Å². The van der Waals surface area contributed by atoms with Gasteiger partial charge in [-0.25, -0.2) is 8.42 Å². The Balaban J connectivity index is 2.02. The predicted octanol–water partition coefficient (Wildman–Crippen LogP) is 4.76. The van der Waals surface area contributed by atoms with Crippen molar-refractivity contribution in [2.75, 3.05) is 23.3 Å². The molecule has 168 valence electrons. The van der Waals surface area contributed by atoms with Gasteiger partial charge in [0.25, 0.3) is 10.0 Å². The Kier molecular flexibility index (Phi) is 6.89. The van der Waals surface area contributed by atoms with Crippen molar-refractivity contribution < 1.29 is 17.9 Å². The molecule has 1 N–H and O–H groups in total. The summed E-state index contributed by atoms with van der Waals surface area (Å²) in [6, 6.07) is 17.6. The third kappa shape index (κ3) is 5.11. The number of ether oxygens (including phenoxy) is 1. The lowest BCUT2D eigenvalue weighted by Gasteiger charge is -2.26. The van der Waals surface area contributed by atoms with Crippen LogP contribution in [-0.2, 0) is 14.8 Å². The van der Waals surface area contributed by atoms with Crippen LogP contribution in [0.3, 0.4) is 0 Å². The third-order valence-electron chi connectivity index (χ3n) is 5.16. The molecule has 0 atom stereocenters. The first kappa shape index (κ1) is 23.3. The van der Waals surface area contributed by atoms with Crippen LogP contribution in [0.15, 0.2) is 65.6 Å². The van der Waals surface area contributed by atoms with Gasteiger partial charge < -0.3 is 10.1 Å². The summed E-state index contributed by atoms with van der Waals surface area (Å²) in [7, 11) is -2.46. The summed E-state index contributed by atoms with van der Waals surface area (Å²) in [5.41, 5.74) is 4.51. The number of hydrogen-bond acceptors (Lipinski definition) is 4. The molecule has 0 aromatic heterocycles. The normalized spacial score (nSPS) is 11.2. The summed E-state index contributed by atoms with van der Waals surface area (Å²) >= 11 is 0. The zero-order valence-corrected chi connectivity index (χ0v) is 19.8. The lowest BCUT2D eigenvalue weighted by Crippen LogP contribution is -2.38. The standard InChI is InChI=1S/C25H28N2O4S/c1-17-7-11-21(12-8-17)32(29,30)27(23-15-19(3)6-10-20(23)4)16-25(28)26-22-14-18(2)9-13-24(22)31-5/h6-15H,16H2,1-5H3,(H,26,28). The monoisotopic (exact) mass is 452 g/mol. The predicted molar refractivity (Wildman–Crippen MR) is 128 cm³/mol. The zero-order chi connectivity index (χ0) is 23.5. The maximum atomic E-state index is 13.6. The number of carbonyl (C=O) groups is 1. The fourth-order valence-electron chi connectivity index (χ4n) is 3.36. The topological polar surface area (TPSA) is 75.7 Å². The molecule has 3 aromatic rings. The van der Waals surface area contributed by atoms with Crippen LogP contribution >= 0.6 is 0 Å². The van der Waals surface area contributed by atoms with Crippen molar-refractivity contribution in [3.05, 3.63) is 82.9 Å². The molecular formula is C25H28N2O4S. The molecule has 0 spiro atoms. The first-order valence-corrected chi connectivity index (χ1v) is 11.7. The van der Waals surface area contributed by atoms with Crippen molar-refractivity contribution >= 4 is 27.3 Å². The van der Waals surface area contributed by atoms with Gasteiger partial charge in [-0.05, 0) is 74.7 Å². The molecule has 0 heterocycles. The molecule has 7 heteroatoms. The van der Waals surface area contributed by atoms with Crippen LogP contribution in [0.5, 0.6) is 5.75 Å². The first-order valence-electron chi connectivity index (χ1n) is 10.2. The minimum atomic E-state index is -3.98. The molecule has 0 aliphatic rings. The van der Waals surface area contributed by atoms with E-state index in [1.54, 1.807) is 42.5 Å². The zero-order valence-electron chi connectivity index (χ0n) is 19.0. The molecule has 0 fully saturated rings. The fourth-order valence-corrected chi connectivity index (χ4v) is 4.84. The number of benzene rings is 3. The third-order valence-corrected chi connectivity index (χ3v) is 6.93. The van der Waals surface area contributed by atoms with E-state index in [-0.39, 0.29) is 11.4 Å². The number of nitrogens with one attached hydrogen (secondary N) is 1. The highest BCUT2D eigenvalue weighted by atomic mass is 32.2. The van der Waals surface area contributed by atoms with E-state index in [0.717, 1.165) is 26.6 Å². The van der Waals surface area contributed by atoms with Crippen molar-refractivity contribution in [3.63, 3.8) is 0 Å². The van der Waals surface area contributed by atoms with Gasteiger partial charge in [0.2, 0.25) is 5.91 Å². The molecule has 3 aromatic carbocycles. The van der Waals surface area contributed by atoms with Crippen LogP contribution in [0, 0.1) is 27.7 Å². The summed E-state index contributed by atoms with van der Waals surface area (Å²) in [6.45, 7) is 7.13. The van der Waals surface area contributed by atoms with Crippen LogP contribution < -0.4 is 14.4 Å². The Bertz CT molecular complexity index is 1240. The Morgan fingerprint density at radius 1 is 0.875 bits per heavy atom. The van der Waals surface area contributed by atoms with Crippen molar-refractivity contribution in [2.24, 2.45) is 0 Å². The number of methoxy groups -OCH3 is 1. The number of nitrogens with zero attached hydrogens (tertiary/aromatic N) is 1. The quantitative estimate of drug-likeness (QED) is 0.561. The second kappa shape index (κ2) is 9.44. The molecule has 3 rings (SSSR count). The molecular weight excluding hydrogens is 424 g/mol. The van der Waals surface area contributed by atoms with E-state index in [4.69, 9.17) is 4.74 Å². The molecule has 0 aliphatic carbocycles. The number of anilines is 2. The van der Waals surface area contributed by atoms with Gasteiger partial charge in [0.15, 0.2) is 0 Å². The van der Waals surface area contributed by atoms with Crippen molar-refractivity contribution in [1.82, 2.24) is 0 Å². The minimum absolute atomic E-state index is 0.130. The molecule has 0 aliphatic heterocycles. The number of hydrogen-bond donors (Lipinski definition) is 1. The number of aryl methyl sites for hydroxylation is 4. The lowest BCUT2D eigenvalue weighted by molar-refractivity contribution is -0.114. The van der Waals surface area contributed by atoms with Gasteiger partial charge in [0.1, 0.15) is 12.3 Å². The maximum absolute atomic E-state index is 13.6. The molecule has 6 nitrogen and oxygen atoms in total. The van der Waals surface area contributed by atoms with Gasteiger partial charge in [-0.1, -0.05) is 35.9 Å². The van der Waals surface area contributed by atoms with E-state index >= 15 is 0 Å². The number of rotatable bonds is 7. The van der Waals surface area contributed by atoms with Crippen LogP contribution in [0.2, 0.25) is 0 Å². The summed E-state index contributed by atoms with van der Waals surface area (Å²) in [5, 5.41) is 2.80. The molecule has 0 saturated heterocycles. The Morgan fingerprint density at radius 3 is 2.12 bits per heavy atom. The van der Waals surface area contributed by atoms with Crippen molar-refractivity contribution in [3.8, 4) is 5.75 Å². The Labute approximate surface area is 189 Å². The van der Waals surface area contributed by atoms with Crippen LogP contribution in [-0.4, -0.2) is 28.0 Å². The number of carbonyl (C=O) groups excluding carboxylic acids is 1. The lowest BCUT2D eigenvalue weighted by atomic mass is 10.1. The second-order valence-electron chi connectivity index (χ2n) is 7.87. The average molecular weight is 453 g/mol. The average Bonchev–Trinajstić information content (AvgIpc) is 2.74. The number of amides is 1. The van der Waals surface area contributed by atoms with Gasteiger partial charge in [-0.15, -0.1) is 0 Å². The van der Waals surface area contributed by atoms with Gasteiger partial charge in [0.05, 0.1) is 23.4 Å². The van der Waals surface area contributed by atoms with Crippen molar-refractivity contribution in [2.45, 2.75) is 32.6 Å². The van der Waals surface area contributed by atoms with E-state index in [9.17, 15) is 13.2 Å². The maximum Gasteiger partial charge on any atom is 0.264 e. The van der Waals surface area contributed by atoms with E-state index < -0.39 is 15.9 Å². The smallest absolute Gasteiger partial charge is 0.264 e. The van der Waals surface area contributed by atoms with E-state index in [1.807, 2.05) is 45.9 Å². The van der Waals surface area contributed by atoms with Crippen LogP contribution in [0.4, 0.5) is 11.4 Å². The summed E-state index contributed by atoms with van der Waals surface area (Å²) in [5.74, 6) is 0.0362. The highest BCUT2D eigenvalue weighted by molar-refractivity contribution is 7.92. The molecule has 1 amide bonds. The van der Waals surface area contributed by atoms with E-state index in [1.165, 1.54) is 7.11 Å². The summed E-state index contributed by atoms with van der Waals surface area (Å²) in [6.07, 6.45) is 0. The molecule has 0 unspecified atom stereocenters. The Morgan fingerprint density at radius 2 is 1.47 bits per heavy atom. The van der Waals surface area contributed by atoms with Gasteiger partial charge >= 0.3 is 0 Å². The highest BCUT2D eigenvalue weighted by Gasteiger charge is 2.28. The minimum Gasteiger partial charge on any atom is -0.495 e. The largest absolute Gasteiger partial charge is 0.495 e. The first-order chi connectivity index (χ1) is 15.1. The molecule has 0 radical (unpaired) electrons. The molecule has 0 saturated carbocycles. The van der Waals surface area contributed by atoms with E-state index in [2.05, 4.69) is 5.32 Å². The van der Waals surface area contributed by atoms with Crippen molar-refractivity contribution in [1.29, 1.82) is 0 Å². The fraction of sp³-hybridized carbons (Fsp3) is 0.240. The van der Waals surface area contributed by atoms with Gasteiger partial charge in [0, 0.05) is 0 Å². The second-order valence-corrected chi connectivity index (χ2v) is 9.73. The van der Waals surface area contributed by atoms with Crippen LogP contribution in [0.1, 0.15) is 22.3 Å². The SMILES string of the molecule is COc1ccc(C)cc1NC(=O)CN(c1cc(C)ccc1C)S(=O)(=O)c1ccc(C)cc1. The van der Waals surface area contributed by atoms with Gasteiger partial charge in [-0.3, -0.25) is 9.10 Å². The molecule has 32 heavy (non-hydrogen) atoms. The Hall–Kier alpha value is -3.32.